The van der Waals surface area contributed by atoms with E-state index < -0.39 is 0 Å². The third kappa shape index (κ3) is 2.67. The molecule has 0 aliphatic carbocycles. The van der Waals surface area contributed by atoms with E-state index in [4.69, 9.17) is 4.42 Å². The van der Waals surface area contributed by atoms with Gasteiger partial charge in [0.25, 0.3) is 0 Å². The fraction of sp³-hybridized carbons (Fsp3) is 0.500. The van der Waals surface area contributed by atoms with E-state index in [1.54, 1.807) is 0 Å². The summed E-state index contributed by atoms with van der Waals surface area (Å²) in [7, 11) is 0. The standard InChI is InChI=1S/C14H19NO2/c1-9(2)12(8-16)6-11-4-5-13-14(7-11)17-10(3)15-13/h4-5,7,9,12,16H,6,8H2,1-3H3. The van der Waals surface area contributed by atoms with Crippen molar-refractivity contribution in [1.82, 2.24) is 4.98 Å². The van der Waals surface area contributed by atoms with Crippen LogP contribution >= 0.6 is 0 Å². The Balaban J connectivity index is 2.23. The first-order chi connectivity index (χ1) is 8.10. The molecule has 92 valence electrons. The number of aryl methyl sites for hydroxylation is 1. The van der Waals surface area contributed by atoms with Gasteiger partial charge in [-0.15, -0.1) is 0 Å². The zero-order valence-electron chi connectivity index (χ0n) is 10.6. The Labute approximate surface area is 101 Å². The van der Waals surface area contributed by atoms with Crippen LogP contribution in [0.15, 0.2) is 22.6 Å². The zero-order valence-corrected chi connectivity index (χ0v) is 10.6. The fourth-order valence-electron chi connectivity index (χ4n) is 2.03. The summed E-state index contributed by atoms with van der Waals surface area (Å²) in [6.45, 7) is 6.35. The van der Waals surface area contributed by atoms with Crippen LogP contribution in [0.3, 0.4) is 0 Å². The van der Waals surface area contributed by atoms with Crippen molar-refractivity contribution in [2.24, 2.45) is 11.8 Å². The lowest BCUT2D eigenvalue weighted by Crippen LogP contribution is -2.16. The Morgan fingerprint density at radius 3 is 2.76 bits per heavy atom. The van der Waals surface area contributed by atoms with Gasteiger partial charge in [0.05, 0.1) is 0 Å². The van der Waals surface area contributed by atoms with Crippen molar-refractivity contribution in [2.75, 3.05) is 6.61 Å². The molecule has 0 bridgehead atoms. The number of aliphatic hydroxyl groups excluding tert-OH is 1. The molecule has 1 atom stereocenters. The third-order valence-corrected chi connectivity index (χ3v) is 3.23. The molecule has 0 spiro atoms. The molecule has 0 aliphatic heterocycles. The molecule has 2 rings (SSSR count). The number of rotatable bonds is 4. The number of benzene rings is 1. The Morgan fingerprint density at radius 2 is 2.12 bits per heavy atom. The van der Waals surface area contributed by atoms with E-state index in [0.717, 1.165) is 17.5 Å². The van der Waals surface area contributed by atoms with Crippen molar-refractivity contribution in [3.63, 3.8) is 0 Å². The number of aliphatic hydroxyl groups is 1. The quantitative estimate of drug-likeness (QED) is 0.883. The number of oxazole rings is 1. The van der Waals surface area contributed by atoms with E-state index in [-0.39, 0.29) is 6.61 Å². The van der Waals surface area contributed by atoms with Crippen LogP contribution in [0.5, 0.6) is 0 Å². The van der Waals surface area contributed by atoms with Gasteiger partial charge < -0.3 is 9.52 Å². The zero-order chi connectivity index (χ0) is 12.4. The van der Waals surface area contributed by atoms with Crippen LogP contribution < -0.4 is 0 Å². The molecular formula is C14H19NO2. The average Bonchev–Trinajstić information content (AvgIpc) is 2.64. The molecule has 3 heteroatoms. The minimum atomic E-state index is 0.227. The normalized spacial score (nSPS) is 13.5. The van der Waals surface area contributed by atoms with Gasteiger partial charge in [-0.25, -0.2) is 4.98 Å². The monoisotopic (exact) mass is 233 g/mol. The van der Waals surface area contributed by atoms with Gasteiger partial charge >= 0.3 is 0 Å². The van der Waals surface area contributed by atoms with E-state index in [2.05, 4.69) is 24.9 Å². The van der Waals surface area contributed by atoms with Gasteiger partial charge in [-0.3, -0.25) is 0 Å². The fourth-order valence-corrected chi connectivity index (χ4v) is 2.03. The Bertz CT molecular complexity index is 502. The van der Waals surface area contributed by atoms with Crippen molar-refractivity contribution < 1.29 is 9.52 Å². The number of fused-ring (bicyclic) bond motifs is 1. The van der Waals surface area contributed by atoms with Crippen molar-refractivity contribution >= 4 is 11.1 Å². The summed E-state index contributed by atoms with van der Waals surface area (Å²) in [4.78, 5) is 4.27. The first kappa shape index (κ1) is 12.1. The van der Waals surface area contributed by atoms with Crippen LogP contribution in [0.4, 0.5) is 0 Å². The van der Waals surface area contributed by atoms with Crippen molar-refractivity contribution in [3.05, 3.63) is 29.7 Å². The highest BCUT2D eigenvalue weighted by Gasteiger charge is 2.13. The van der Waals surface area contributed by atoms with Crippen LogP contribution in [0.1, 0.15) is 25.3 Å². The van der Waals surface area contributed by atoms with Crippen molar-refractivity contribution in [2.45, 2.75) is 27.2 Å². The molecule has 1 aromatic carbocycles. The lowest BCUT2D eigenvalue weighted by Gasteiger charge is -2.17. The van der Waals surface area contributed by atoms with Gasteiger partial charge in [0.1, 0.15) is 5.52 Å². The molecule has 0 fully saturated rings. The summed E-state index contributed by atoms with van der Waals surface area (Å²) < 4.78 is 5.51. The maximum Gasteiger partial charge on any atom is 0.192 e. The summed E-state index contributed by atoms with van der Waals surface area (Å²) in [6.07, 6.45) is 0.879. The smallest absolute Gasteiger partial charge is 0.192 e. The average molecular weight is 233 g/mol. The van der Waals surface area contributed by atoms with E-state index in [9.17, 15) is 5.11 Å². The highest BCUT2D eigenvalue weighted by atomic mass is 16.3. The van der Waals surface area contributed by atoms with Gasteiger partial charge in [-0.1, -0.05) is 19.9 Å². The molecule has 1 aromatic heterocycles. The molecule has 1 unspecified atom stereocenters. The molecule has 0 amide bonds. The molecule has 3 nitrogen and oxygen atoms in total. The van der Waals surface area contributed by atoms with Crippen LogP contribution in [0.25, 0.3) is 11.1 Å². The second kappa shape index (κ2) is 4.88. The first-order valence-electron chi connectivity index (χ1n) is 6.07. The van der Waals surface area contributed by atoms with Gasteiger partial charge in [0, 0.05) is 13.5 Å². The van der Waals surface area contributed by atoms with Crippen LogP contribution in [-0.2, 0) is 6.42 Å². The summed E-state index contributed by atoms with van der Waals surface area (Å²) in [5.41, 5.74) is 2.93. The molecule has 0 saturated heterocycles. The molecule has 2 aromatic rings. The molecule has 0 saturated carbocycles. The summed E-state index contributed by atoms with van der Waals surface area (Å²) in [5.74, 6) is 1.48. The number of hydrogen-bond acceptors (Lipinski definition) is 3. The van der Waals surface area contributed by atoms with Crippen LogP contribution in [-0.4, -0.2) is 16.7 Å². The molecule has 17 heavy (non-hydrogen) atoms. The minimum absolute atomic E-state index is 0.227. The maximum atomic E-state index is 9.34. The SMILES string of the molecule is Cc1nc2ccc(CC(CO)C(C)C)cc2o1. The highest BCUT2D eigenvalue weighted by molar-refractivity contribution is 5.73. The van der Waals surface area contributed by atoms with Gasteiger partial charge in [-0.05, 0) is 36.0 Å². The number of nitrogens with zero attached hydrogens (tertiary/aromatic N) is 1. The third-order valence-electron chi connectivity index (χ3n) is 3.23. The van der Waals surface area contributed by atoms with E-state index >= 15 is 0 Å². The minimum Gasteiger partial charge on any atom is -0.441 e. The van der Waals surface area contributed by atoms with E-state index in [1.165, 1.54) is 5.56 Å². The molecule has 1 heterocycles. The topological polar surface area (TPSA) is 46.3 Å². The number of hydrogen-bond donors (Lipinski definition) is 1. The van der Waals surface area contributed by atoms with Crippen molar-refractivity contribution in [3.8, 4) is 0 Å². The molecule has 1 N–H and O–H groups in total. The van der Waals surface area contributed by atoms with Gasteiger partial charge in [0.2, 0.25) is 0 Å². The number of aromatic nitrogens is 1. The summed E-state index contributed by atoms with van der Waals surface area (Å²) >= 11 is 0. The van der Waals surface area contributed by atoms with E-state index in [0.29, 0.717) is 17.7 Å². The second-order valence-corrected chi connectivity index (χ2v) is 4.93. The summed E-state index contributed by atoms with van der Waals surface area (Å²) in [5, 5.41) is 9.34. The van der Waals surface area contributed by atoms with Gasteiger partial charge in [-0.2, -0.15) is 0 Å². The highest BCUT2D eigenvalue weighted by Crippen LogP contribution is 2.21. The summed E-state index contributed by atoms with van der Waals surface area (Å²) in [6, 6.07) is 6.08. The first-order valence-corrected chi connectivity index (χ1v) is 6.07. The second-order valence-electron chi connectivity index (χ2n) is 4.93. The molecule has 0 radical (unpaired) electrons. The van der Waals surface area contributed by atoms with Crippen LogP contribution in [0.2, 0.25) is 0 Å². The lowest BCUT2D eigenvalue weighted by atomic mass is 9.90. The largest absolute Gasteiger partial charge is 0.441 e. The lowest BCUT2D eigenvalue weighted by molar-refractivity contribution is 0.189. The van der Waals surface area contributed by atoms with Crippen LogP contribution in [0, 0.1) is 18.8 Å². The van der Waals surface area contributed by atoms with Gasteiger partial charge in [0.15, 0.2) is 11.5 Å². The Morgan fingerprint density at radius 1 is 1.35 bits per heavy atom. The Kier molecular flexibility index (Phi) is 3.48. The van der Waals surface area contributed by atoms with E-state index in [1.807, 2.05) is 19.1 Å². The van der Waals surface area contributed by atoms with Crippen molar-refractivity contribution in [1.29, 1.82) is 0 Å². The molecular weight excluding hydrogens is 214 g/mol. The molecule has 0 aliphatic rings. The predicted molar refractivity (Wildman–Crippen MR) is 67.9 cm³/mol. The maximum absolute atomic E-state index is 9.34. The predicted octanol–water partition coefficient (Wildman–Crippen LogP) is 2.94. The Hall–Kier alpha value is -1.35.